The zero-order valence-corrected chi connectivity index (χ0v) is 9.18. The Kier molecular flexibility index (Phi) is 2.07. The van der Waals surface area contributed by atoms with Crippen LogP contribution in [-0.2, 0) is 4.74 Å². The van der Waals surface area contributed by atoms with Gasteiger partial charge in [0.25, 0.3) is 0 Å². The van der Waals surface area contributed by atoms with Crippen molar-refractivity contribution in [1.82, 2.24) is 14.6 Å². The average molecular weight is 218 g/mol. The van der Waals surface area contributed by atoms with E-state index in [1.165, 1.54) is 0 Å². The molecule has 3 rings (SSSR count). The van der Waals surface area contributed by atoms with Gasteiger partial charge in [0.05, 0.1) is 18.3 Å². The highest BCUT2D eigenvalue weighted by atomic mass is 16.5. The Bertz CT molecular complexity index is 501. The van der Waals surface area contributed by atoms with Crippen molar-refractivity contribution in [2.24, 2.45) is 0 Å². The van der Waals surface area contributed by atoms with E-state index in [0.717, 1.165) is 31.1 Å². The standard InChI is InChI=1S/C11H14N4O/c1-11(4-7-16-8-11)14-9-3-6-15-10(13-9)2-5-12-15/h2-3,5-6H,4,7-8H2,1H3,(H,13,14). The Hall–Kier alpha value is -1.62. The highest BCUT2D eigenvalue weighted by Gasteiger charge is 2.29. The van der Waals surface area contributed by atoms with Gasteiger partial charge in [-0.25, -0.2) is 9.50 Å². The summed E-state index contributed by atoms with van der Waals surface area (Å²) in [6.45, 7) is 3.71. The van der Waals surface area contributed by atoms with Gasteiger partial charge in [-0.15, -0.1) is 0 Å². The molecule has 2 aromatic rings. The Labute approximate surface area is 93.4 Å². The van der Waals surface area contributed by atoms with Crippen LogP contribution in [0.4, 0.5) is 5.82 Å². The molecule has 0 amide bonds. The summed E-state index contributed by atoms with van der Waals surface area (Å²) in [5, 5.41) is 7.53. The number of hydrogen-bond acceptors (Lipinski definition) is 4. The van der Waals surface area contributed by atoms with Gasteiger partial charge in [0.15, 0.2) is 5.65 Å². The number of aromatic nitrogens is 3. The smallest absolute Gasteiger partial charge is 0.157 e. The topological polar surface area (TPSA) is 51.5 Å². The second kappa shape index (κ2) is 3.45. The molecule has 1 aliphatic rings. The summed E-state index contributed by atoms with van der Waals surface area (Å²) >= 11 is 0. The fourth-order valence-corrected chi connectivity index (χ4v) is 1.96. The molecule has 16 heavy (non-hydrogen) atoms. The minimum absolute atomic E-state index is 0.00532. The molecular formula is C11H14N4O. The van der Waals surface area contributed by atoms with E-state index in [1.807, 2.05) is 18.3 Å². The zero-order valence-electron chi connectivity index (χ0n) is 9.18. The quantitative estimate of drug-likeness (QED) is 0.826. The summed E-state index contributed by atoms with van der Waals surface area (Å²) in [7, 11) is 0. The summed E-state index contributed by atoms with van der Waals surface area (Å²) in [5.41, 5.74) is 0.860. The molecule has 2 aromatic heterocycles. The zero-order chi connectivity index (χ0) is 11.0. The fourth-order valence-electron chi connectivity index (χ4n) is 1.96. The molecule has 0 radical (unpaired) electrons. The molecule has 0 aromatic carbocycles. The summed E-state index contributed by atoms with van der Waals surface area (Å²) in [6, 6.07) is 3.82. The van der Waals surface area contributed by atoms with Gasteiger partial charge in [-0.2, -0.15) is 5.10 Å². The number of rotatable bonds is 2. The monoisotopic (exact) mass is 218 g/mol. The number of hydrogen-bond donors (Lipinski definition) is 1. The SMILES string of the molecule is CC1(Nc2ccn3nccc3n2)CCOC1. The number of ether oxygens (including phenoxy) is 1. The van der Waals surface area contributed by atoms with Crippen molar-refractivity contribution in [2.75, 3.05) is 18.5 Å². The van der Waals surface area contributed by atoms with Gasteiger partial charge >= 0.3 is 0 Å². The molecule has 0 bridgehead atoms. The van der Waals surface area contributed by atoms with Gasteiger partial charge in [0, 0.05) is 18.9 Å². The molecule has 0 spiro atoms. The van der Waals surface area contributed by atoms with E-state index in [2.05, 4.69) is 22.3 Å². The highest BCUT2D eigenvalue weighted by molar-refractivity contribution is 5.46. The molecule has 1 fully saturated rings. The number of nitrogens with one attached hydrogen (secondary N) is 1. The maximum atomic E-state index is 5.40. The Morgan fingerprint density at radius 2 is 2.44 bits per heavy atom. The van der Waals surface area contributed by atoms with E-state index in [9.17, 15) is 0 Å². The van der Waals surface area contributed by atoms with Crippen LogP contribution in [0.25, 0.3) is 5.65 Å². The van der Waals surface area contributed by atoms with Crippen molar-refractivity contribution in [2.45, 2.75) is 18.9 Å². The Morgan fingerprint density at radius 1 is 1.50 bits per heavy atom. The van der Waals surface area contributed by atoms with E-state index < -0.39 is 0 Å². The predicted octanol–water partition coefficient (Wildman–Crippen LogP) is 1.32. The van der Waals surface area contributed by atoms with Gasteiger partial charge < -0.3 is 10.1 Å². The molecule has 5 nitrogen and oxygen atoms in total. The first-order chi connectivity index (χ1) is 7.75. The maximum absolute atomic E-state index is 5.40. The molecule has 0 saturated carbocycles. The second-order valence-corrected chi connectivity index (χ2v) is 4.44. The summed E-state index contributed by atoms with van der Waals surface area (Å²) in [6.07, 6.45) is 4.66. The predicted molar refractivity (Wildman–Crippen MR) is 60.5 cm³/mol. The third kappa shape index (κ3) is 1.63. The molecule has 1 atom stereocenters. The van der Waals surface area contributed by atoms with Crippen molar-refractivity contribution < 1.29 is 4.74 Å². The lowest BCUT2D eigenvalue weighted by Crippen LogP contribution is -2.35. The molecular weight excluding hydrogens is 204 g/mol. The Balaban J connectivity index is 1.88. The van der Waals surface area contributed by atoms with E-state index in [-0.39, 0.29) is 5.54 Å². The lowest BCUT2D eigenvalue weighted by molar-refractivity contribution is 0.185. The van der Waals surface area contributed by atoms with Crippen LogP contribution < -0.4 is 5.32 Å². The second-order valence-electron chi connectivity index (χ2n) is 4.44. The van der Waals surface area contributed by atoms with Crippen LogP contribution in [0.2, 0.25) is 0 Å². The van der Waals surface area contributed by atoms with Crippen LogP contribution in [0.1, 0.15) is 13.3 Å². The summed E-state index contributed by atoms with van der Waals surface area (Å²) < 4.78 is 7.15. The minimum Gasteiger partial charge on any atom is -0.379 e. The number of fused-ring (bicyclic) bond motifs is 1. The Morgan fingerprint density at radius 3 is 3.25 bits per heavy atom. The molecule has 1 aliphatic heterocycles. The van der Waals surface area contributed by atoms with E-state index in [4.69, 9.17) is 4.74 Å². The molecule has 0 aliphatic carbocycles. The third-order valence-electron chi connectivity index (χ3n) is 2.91. The van der Waals surface area contributed by atoms with Gasteiger partial charge in [-0.3, -0.25) is 0 Å². The molecule has 3 heterocycles. The van der Waals surface area contributed by atoms with Crippen LogP contribution >= 0.6 is 0 Å². The van der Waals surface area contributed by atoms with Crippen LogP contribution in [0.15, 0.2) is 24.5 Å². The van der Waals surface area contributed by atoms with Crippen molar-refractivity contribution >= 4 is 11.5 Å². The van der Waals surface area contributed by atoms with E-state index >= 15 is 0 Å². The normalized spacial score (nSPS) is 25.1. The van der Waals surface area contributed by atoms with Crippen molar-refractivity contribution in [3.05, 3.63) is 24.5 Å². The van der Waals surface area contributed by atoms with Gasteiger partial charge in [-0.1, -0.05) is 0 Å². The first kappa shape index (κ1) is 9.59. The lowest BCUT2D eigenvalue weighted by atomic mass is 10.0. The van der Waals surface area contributed by atoms with E-state index in [1.54, 1.807) is 10.7 Å². The molecule has 84 valence electrons. The number of anilines is 1. The highest BCUT2D eigenvalue weighted by Crippen LogP contribution is 2.22. The summed E-state index contributed by atoms with van der Waals surface area (Å²) in [4.78, 5) is 4.48. The van der Waals surface area contributed by atoms with Crippen molar-refractivity contribution in [3.8, 4) is 0 Å². The van der Waals surface area contributed by atoms with Gasteiger partial charge in [0.1, 0.15) is 5.82 Å². The minimum atomic E-state index is 0.00532. The molecule has 1 unspecified atom stereocenters. The van der Waals surface area contributed by atoms with Crippen LogP contribution in [-0.4, -0.2) is 33.4 Å². The molecule has 5 heteroatoms. The largest absolute Gasteiger partial charge is 0.379 e. The maximum Gasteiger partial charge on any atom is 0.157 e. The van der Waals surface area contributed by atoms with Gasteiger partial charge in [0.2, 0.25) is 0 Å². The molecule has 1 saturated heterocycles. The van der Waals surface area contributed by atoms with E-state index in [0.29, 0.717) is 0 Å². The number of nitrogens with zero attached hydrogens (tertiary/aromatic N) is 3. The molecule has 1 N–H and O–H groups in total. The summed E-state index contributed by atoms with van der Waals surface area (Å²) in [5.74, 6) is 0.876. The fraction of sp³-hybridized carbons (Fsp3) is 0.455. The first-order valence-electron chi connectivity index (χ1n) is 5.42. The van der Waals surface area contributed by atoms with Crippen molar-refractivity contribution in [1.29, 1.82) is 0 Å². The third-order valence-corrected chi connectivity index (χ3v) is 2.91. The van der Waals surface area contributed by atoms with Crippen LogP contribution in [0, 0.1) is 0 Å². The first-order valence-corrected chi connectivity index (χ1v) is 5.42. The lowest BCUT2D eigenvalue weighted by Gasteiger charge is -2.24. The van der Waals surface area contributed by atoms with Crippen molar-refractivity contribution in [3.63, 3.8) is 0 Å². The van der Waals surface area contributed by atoms with Gasteiger partial charge in [-0.05, 0) is 19.4 Å². The van der Waals surface area contributed by atoms with Crippen LogP contribution in [0.3, 0.4) is 0 Å². The average Bonchev–Trinajstić information content (AvgIpc) is 2.86. The van der Waals surface area contributed by atoms with Crippen LogP contribution in [0.5, 0.6) is 0 Å².